The number of anilines is 1. The van der Waals surface area contributed by atoms with Gasteiger partial charge in [0.1, 0.15) is 24.1 Å². The fraction of sp³-hybridized carbons (Fsp3) is 0.556. The van der Waals surface area contributed by atoms with Crippen molar-refractivity contribution in [3.05, 3.63) is 47.0 Å². The standard InChI is InChI=1S/C27H33F4N5O3/c1-14-11-20(19(28)12-18(14)15(2)26(39)35(3)13-27(29,30)31)33-25(38)23(22(16-5-6-16)17-7-8-17)34-24(37)21-9-10-32-36(21)4/h9-12,15-17,22-23H,5-8,13H2,1-4H3,(H,33,38)(H,34,37). The van der Waals surface area contributed by atoms with Crippen LogP contribution >= 0.6 is 0 Å². The molecule has 39 heavy (non-hydrogen) atoms. The topological polar surface area (TPSA) is 96.3 Å². The van der Waals surface area contributed by atoms with E-state index in [0.29, 0.717) is 28.0 Å². The molecular formula is C27H33F4N5O3. The van der Waals surface area contributed by atoms with Crippen molar-refractivity contribution < 1.29 is 31.9 Å². The minimum atomic E-state index is -4.56. The molecule has 3 amide bonds. The highest BCUT2D eigenvalue weighted by Crippen LogP contribution is 2.51. The number of hydrogen-bond donors (Lipinski definition) is 2. The second kappa shape index (κ2) is 11.0. The van der Waals surface area contributed by atoms with Gasteiger partial charge in [0.15, 0.2) is 0 Å². The van der Waals surface area contributed by atoms with Crippen LogP contribution in [0.25, 0.3) is 0 Å². The summed E-state index contributed by atoms with van der Waals surface area (Å²) in [5.41, 5.74) is 0.817. The molecular weight excluding hydrogens is 518 g/mol. The van der Waals surface area contributed by atoms with E-state index in [-0.39, 0.29) is 17.2 Å². The van der Waals surface area contributed by atoms with Crippen LogP contribution in [0.15, 0.2) is 24.4 Å². The van der Waals surface area contributed by atoms with Gasteiger partial charge in [0.05, 0.1) is 11.6 Å². The average Bonchev–Trinajstić information content (AvgIpc) is 3.78. The van der Waals surface area contributed by atoms with Gasteiger partial charge in [-0.2, -0.15) is 18.3 Å². The van der Waals surface area contributed by atoms with E-state index in [9.17, 15) is 27.6 Å². The first-order chi connectivity index (χ1) is 18.3. The molecule has 4 rings (SSSR count). The summed E-state index contributed by atoms with van der Waals surface area (Å²) in [4.78, 5) is 39.7. The van der Waals surface area contributed by atoms with Gasteiger partial charge in [-0.3, -0.25) is 19.1 Å². The minimum absolute atomic E-state index is 0.0765. The third-order valence-electron chi connectivity index (χ3n) is 7.58. The summed E-state index contributed by atoms with van der Waals surface area (Å²) in [6.07, 6.45) is 0.773. The lowest BCUT2D eigenvalue weighted by atomic mass is 9.88. The molecule has 12 heteroatoms. The Bertz CT molecular complexity index is 1240. The van der Waals surface area contributed by atoms with Gasteiger partial charge in [0, 0.05) is 20.3 Å². The van der Waals surface area contributed by atoms with Crippen LogP contribution in [-0.4, -0.2) is 58.2 Å². The number of nitrogens with one attached hydrogen (secondary N) is 2. The maximum Gasteiger partial charge on any atom is 0.406 e. The molecule has 2 aliphatic carbocycles. The molecule has 2 aliphatic rings. The van der Waals surface area contributed by atoms with Gasteiger partial charge in [0.2, 0.25) is 11.8 Å². The van der Waals surface area contributed by atoms with Gasteiger partial charge in [-0.15, -0.1) is 0 Å². The summed E-state index contributed by atoms with van der Waals surface area (Å²) in [6, 6.07) is 3.09. The number of aryl methyl sites for hydroxylation is 2. The fourth-order valence-electron chi connectivity index (χ4n) is 5.32. The normalized spacial score (nSPS) is 17.1. The maximum absolute atomic E-state index is 15.2. The van der Waals surface area contributed by atoms with Gasteiger partial charge >= 0.3 is 6.18 Å². The number of benzene rings is 1. The highest BCUT2D eigenvalue weighted by Gasteiger charge is 2.48. The monoisotopic (exact) mass is 551 g/mol. The molecule has 2 N–H and O–H groups in total. The van der Waals surface area contributed by atoms with E-state index in [4.69, 9.17) is 0 Å². The van der Waals surface area contributed by atoms with Crippen molar-refractivity contribution in [2.24, 2.45) is 24.8 Å². The number of carbonyl (C=O) groups is 3. The summed E-state index contributed by atoms with van der Waals surface area (Å²) in [7, 11) is 2.66. The van der Waals surface area contributed by atoms with Gasteiger partial charge in [-0.05, 0) is 86.6 Å². The molecule has 0 radical (unpaired) electrons. The molecule has 8 nitrogen and oxygen atoms in total. The molecule has 0 spiro atoms. The van der Waals surface area contributed by atoms with Crippen LogP contribution in [0.2, 0.25) is 0 Å². The predicted molar refractivity (Wildman–Crippen MR) is 135 cm³/mol. The summed E-state index contributed by atoms with van der Waals surface area (Å²) >= 11 is 0. The zero-order chi connectivity index (χ0) is 28.6. The second-order valence-corrected chi connectivity index (χ2v) is 10.8. The maximum atomic E-state index is 15.2. The molecule has 0 saturated heterocycles. The number of rotatable bonds is 10. The van der Waals surface area contributed by atoms with Crippen LogP contribution in [-0.2, 0) is 16.6 Å². The zero-order valence-corrected chi connectivity index (χ0v) is 22.3. The number of nitrogens with zero attached hydrogens (tertiary/aromatic N) is 3. The van der Waals surface area contributed by atoms with E-state index < -0.39 is 48.2 Å². The first kappa shape index (κ1) is 28.6. The molecule has 212 valence electrons. The smallest absolute Gasteiger partial charge is 0.339 e. The quantitative estimate of drug-likeness (QED) is 0.434. The van der Waals surface area contributed by atoms with E-state index >= 15 is 4.39 Å². The Morgan fingerprint density at radius 2 is 1.77 bits per heavy atom. The average molecular weight is 552 g/mol. The first-order valence-corrected chi connectivity index (χ1v) is 13.0. The summed E-state index contributed by atoms with van der Waals surface area (Å²) in [5.74, 6) is -3.14. The van der Waals surface area contributed by atoms with Crippen LogP contribution in [0.1, 0.15) is 60.1 Å². The lowest BCUT2D eigenvalue weighted by Gasteiger charge is -2.28. The largest absolute Gasteiger partial charge is 0.406 e. The highest BCUT2D eigenvalue weighted by molar-refractivity contribution is 6.01. The van der Waals surface area contributed by atoms with Crippen LogP contribution in [0, 0.1) is 30.5 Å². The van der Waals surface area contributed by atoms with Crippen LogP contribution in [0.5, 0.6) is 0 Å². The summed E-state index contributed by atoms with van der Waals surface area (Å²) in [5, 5.41) is 9.48. The van der Waals surface area contributed by atoms with Crippen molar-refractivity contribution >= 4 is 23.4 Å². The molecule has 1 aromatic carbocycles. The van der Waals surface area contributed by atoms with Crippen LogP contribution in [0.3, 0.4) is 0 Å². The Morgan fingerprint density at radius 1 is 1.15 bits per heavy atom. The summed E-state index contributed by atoms with van der Waals surface area (Å²) in [6.45, 7) is 1.59. The van der Waals surface area contributed by atoms with E-state index in [0.717, 1.165) is 38.8 Å². The molecule has 2 unspecified atom stereocenters. The van der Waals surface area contributed by atoms with E-state index in [1.165, 1.54) is 23.9 Å². The number of carbonyl (C=O) groups excluding carboxylic acids is 3. The van der Waals surface area contributed by atoms with Crippen molar-refractivity contribution in [3.63, 3.8) is 0 Å². The van der Waals surface area contributed by atoms with Crippen molar-refractivity contribution in [1.82, 2.24) is 20.0 Å². The first-order valence-electron chi connectivity index (χ1n) is 13.0. The molecule has 2 atom stereocenters. The van der Waals surface area contributed by atoms with Crippen molar-refractivity contribution in [3.8, 4) is 0 Å². The second-order valence-electron chi connectivity index (χ2n) is 10.8. The molecule has 1 heterocycles. The Balaban J connectivity index is 1.54. The molecule has 1 aromatic heterocycles. The summed E-state index contributed by atoms with van der Waals surface area (Å²) < 4.78 is 54.8. The van der Waals surface area contributed by atoms with Gasteiger partial charge in [0.25, 0.3) is 5.91 Å². The van der Waals surface area contributed by atoms with Crippen molar-refractivity contribution in [1.29, 1.82) is 0 Å². The number of aromatic nitrogens is 2. The number of likely N-dealkylation sites (N-methyl/N-ethyl adjacent to an activating group) is 1. The van der Waals surface area contributed by atoms with Crippen molar-refractivity contribution in [2.75, 3.05) is 18.9 Å². The fourth-order valence-corrected chi connectivity index (χ4v) is 5.32. The SMILES string of the molecule is Cc1cc(NC(=O)C(NC(=O)c2ccnn2C)C(C2CC2)C2CC2)c(F)cc1C(C)C(=O)N(C)CC(F)(F)F. The minimum Gasteiger partial charge on any atom is -0.339 e. The number of halogens is 4. The number of hydrogen-bond acceptors (Lipinski definition) is 4. The third kappa shape index (κ3) is 6.77. The molecule has 2 fully saturated rings. The third-order valence-corrected chi connectivity index (χ3v) is 7.58. The molecule has 0 aliphatic heterocycles. The Morgan fingerprint density at radius 3 is 2.28 bits per heavy atom. The highest BCUT2D eigenvalue weighted by atomic mass is 19.4. The number of amides is 3. The Hall–Kier alpha value is -3.44. The Kier molecular flexibility index (Phi) is 8.04. The Labute approximate surface area is 224 Å². The lowest BCUT2D eigenvalue weighted by Crippen LogP contribution is -2.50. The van der Waals surface area contributed by atoms with Crippen LogP contribution < -0.4 is 10.6 Å². The van der Waals surface area contributed by atoms with E-state index in [1.807, 2.05) is 0 Å². The van der Waals surface area contributed by atoms with E-state index in [1.54, 1.807) is 20.0 Å². The molecule has 0 bridgehead atoms. The van der Waals surface area contributed by atoms with Gasteiger partial charge < -0.3 is 15.5 Å². The molecule has 2 aromatic rings. The predicted octanol–water partition coefficient (Wildman–Crippen LogP) is 4.17. The van der Waals surface area contributed by atoms with Gasteiger partial charge in [-0.25, -0.2) is 4.39 Å². The lowest BCUT2D eigenvalue weighted by molar-refractivity contribution is -0.159. The van der Waals surface area contributed by atoms with Crippen LogP contribution in [0.4, 0.5) is 23.2 Å². The zero-order valence-electron chi connectivity index (χ0n) is 22.3. The van der Waals surface area contributed by atoms with E-state index in [2.05, 4.69) is 15.7 Å². The molecule has 2 saturated carbocycles. The van der Waals surface area contributed by atoms with Crippen molar-refractivity contribution in [2.45, 2.75) is 57.7 Å². The number of alkyl halides is 3. The van der Waals surface area contributed by atoms with Gasteiger partial charge in [-0.1, -0.05) is 0 Å².